The molecule has 16 heavy (non-hydrogen) atoms. The summed E-state index contributed by atoms with van der Waals surface area (Å²) in [5.41, 5.74) is -0.442. The Morgan fingerprint density at radius 2 is 2.00 bits per heavy atom. The maximum absolute atomic E-state index is 11.1. The predicted octanol–water partition coefficient (Wildman–Crippen LogP) is 2.31. The van der Waals surface area contributed by atoms with Crippen molar-refractivity contribution in [2.75, 3.05) is 13.6 Å². The average molecular weight is 220 g/mol. The van der Waals surface area contributed by atoms with E-state index in [9.17, 15) is 10.1 Å². The van der Waals surface area contributed by atoms with E-state index in [0.29, 0.717) is 32.2 Å². The summed E-state index contributed by atoms with van der Waals surface area (Å²) in [6.45, 7) is 10.4. The number of Topliss-reactive ketones (excluding diaryl/α,β-unsaturated/α-hetero) is 1. The Kier molecular flexibility index (Phi) is 6.36. The summed E-state index contributed by atoms with van der Waals surface area (Å²) < 4.78 is 0. The van der Waals surface area contributed by atoms with Gasteiger partial charge in [-0.3, -0.25) is 9.69 Å². The van der Waals surface area contributed by atoms with Crippen LogP contribution in [0.5, 0.6) is 0 Å². The van der Waals surface area contributed by atoms with Crippen molar-refractivity contribution in [3.8, 4) is 6.07 Å². The van der Waals surface area contributed by atoms with E-state index < -0.39 is 5.54 Å². The summed E-state index contributed by atoms with van der Waals surface area (Å²) >= 11 is 0. The van der Waals surface area contributed by atoms with Crippen LogP contribution >= 0.6 is 0 Å². The standard InChI is InChI=1S/C11H16N2O.C2H4/c1-3-8-13(2)11(9-12)6-4-10(14)5-7-11;1-2/h3H,1,4-8H2,2H3;1-2H2. The van der Waals surface area contributed by atoms with E-state index in [4.69, 9.17) is 0 Å². The number of carbonyl (C=O) groups is 1. The number of hydrogen-bond acceptors (Lipinski definition) is 3. The molecule has 0 aliphatic heterocycles. The molecule has 0 heterocycles. The summed E-state index contributed by atoms with van der Waals surface area (Å²) in [5, 5.41) is 9.19. The Balaban J connectivity index is 0.00000106. The third-order valence-corrected chi connectivity index (χ3v) is 2.98. The highest BCUT2D eigenvalue weighted by Gasteiger charge is 2.37. The fourth-order valence-electron chi connectivity index (χ4n) is 1.89. The predicted molar refractivity (Wildman–Crippen MR) is 65.9 cm³/mol. The molecular weight excluding hydrogens is 200 g/mol. The van der Waals surface area contributed by atoms with Gasteiger partial charge in [-0.05, 0) is 19.9 Å². The van der Waals surface area contributed by atoms with Crippen molar-refractivity contribution in [1.29, 1.82) is 5.26 Å². The summed E-state index contributed by atoms with van der Waals surface area (Å²) in [7, 11) is 1.92. The molecule has 1 fully saturated rings. The van der Waals surface area contributed by atoms with Gasteiger partial charge in [-0.25, -0.2) is 0 Å². The molecule has 0 unspecified atom stereocenters. The van der Waals surface area contributed by atoms with Gasteiger partial charge in [0.25, 0.3) is 0 Å². The van der Waals surface area contributed by atoms with Crippen LogP contribution in [0.1, 0.15) is 25.7 Å². The van der Waals surface area contributed by atoms with Gasteiger partial charge in [-0.15, -0.1) is 19.7 Å². The van der Waals surface area contributed by atoms with Gasteiger partial charge >= 0.3 is 0 Å². The largest absolute Gasteiger partial charge is 0.300 e. The van der Waals surface area contributed by atoms with Crippen LogP contribution in [0.25, 0.3) is 0 Å². The zero-order chi connectivity index (χ0) is 12.6. The average Bonchev–Trinajstić information content (AvgIpc) is 2.33. The molecule has 0 bridgehead atoms. The van der Waals surface area contributed by atoms with Gasteiger partial charge < -0.3 is 0 Å². The Labute approximate surface area is 98.1 Å². The molecule has 0 aromatic rings. The van der Waals surface area contributed by atoms with E-state index >= 15 is 0 Å². The van der Waals surface area contributed by atoms with Gasteiger partial charge in [-0.1, -0.05) is 6.08 Å². The van der Waals surface area contributed by atoms with E-state index in [-0.39, 0.29) is 5.78 Å². The highest BCUT2D eigenvalue weighted by molar-refractivity contribution is 5.79. The third-order valence-electron chi connectivity index (χ3n) is 2.98. The van der Waals surface area contributed by atoms with Gasteiger partial charge in [0.05, 0.1) is 6.07 Å². The molecule has 3 heteroatoms. The summed E-state index contributed by atoms with van der Waals surface area (Å²) in [4.78, 5) is 13.1. The van der Waals surface area contributed by atoms with Crippen molar-refractivity contribution in [3.63, 3.8) is 0 Å². The van der Waals surface area contributed by atoms with Crippen LogP contribution in [0, 0.1) is 11.3 Å². The van der Waals surface area contributed by atoms with Crippen LogP contribution < -0.4 is 0 Å². The second-order valence-corrected chi connectivity index (χ2v) is 3.85. The molecule has 1 saturated carbocycles. The van der Waals surface area contributed by atoms with E-state index in [1.54, 1.807) is 6.08 Å². The summed E-state index contributed by atoms with van der Waals surface area (Å²) in [6, 6.07) is 2.35. The van der Waals surface area contributed by atoms with Crippen LogP contribution in [-0.2, 0) is 4.79 Å². The van der Waals surface area contributed by atoms with Crippen molar-refractivity contribution < 1.29 is 4.79 Å². The normalized spacial score (nSPS) is 18.2. The van der Waals surface area contributed by atoms with Crippen molar-refractivity contribution in [1.82, 2.24) is 4.90 Å². The molecule has 0 saturated heterocycles. The van der Waals surface area contributed by atoms with Crippen molar-refractivity contribution >= 4 is 5.78 Å². The fraction of sp³-hybridized carbons (Fsp3) is 0.538. The second kappa shape index (κ2) is 6.97. The Hall–Kier alpha value is -1.40. The molecule has 0 N–H and O–H groups in total. The minimum absolute atomic E-state index is 0.280. The quantitative estimate of drug-likeness (QED) is 0.685. The Morgan fingerprint density at radius 3 is 2.38 bits per heavy atom. The van der Waals surface area contributed by atoms with E-state index in [2.05, 4.69) is 25.8 Å². The summed E-state index contributed by atoms with van der Waals surface area (Å²) in [5.74, 6) is 0.280. The lowest BCUT2D eigenvalue weighted by molar-refractivity contribution is -0.122. The molecule has 3 nitrogen and oxygen atoms in total. The van der Waals surface area contributed by atoms with Gasteiger partial charge in [-0.2, -0.15) is 5.26 Å². The molecule has 88 valence electrons. The fourth-order valence-corrected chi connectivity index (χ4v) is 1.89. The molecule has 0 radical (unpaired) electrons. The molecule has 1 rings (SSSR count). The molecule has 0 aromatic heterocycles. The Morgan fingerprint density at radius 1 is 1.50 bits per heavy atom. The lowest BCUT2D eigenvalue weighted by Gasteiger charge is -2.37. The van der Waals surface area contributed by atoms with Crippen molar-refractivity contribution in [3.05, 3.63) is 25.8 Å². The van der Waals surface area contributed by atoms with E-state index in [0.717, 1.165) is 0 Å². The minimum atomic E-state index is -0.442. The maximum Gasteiger partial charge on any atom is 0.133 e. The van der Waals surface area contributed by atoms with E-state index in [1.165, 1.54) is 0 Å². The molecule has 1 aliphatic carbocycles. The number of likely N-dealkylation sites (N-methyl/N-ethyl adjacent to an activating group) is 1. The minimum Gasteiger partial charge on any atom is -0.300 e. The van der Waals surface area contributed by atoms with Gasteiger partial charge in [0.2, 0.25) is 0 Å². The third kappa shape index (κ3) is 3.32. The first-order chi connectivity index (χ1) is 7.64. The molecule has 0 atom stereocenters. The first kappa shape index (κ1) is 14.6. The number of ketones is 1. The van der Waals surface area contributed by atoms with Crippen LogP contribution in [-0.4, -0.2) is 29.8 Å². The van der Waals surface area contributed by atoms with Crippen LogP contribution in [0.15, 0.2) is 25.8 Å². The number of carbonyl (C=O) groups excluding carboxylic acids is 1. The van der Waals surface area contributed by atoms with E-state index in [1.807, 2.05) is 11.9 Å². The van der Waals surface area contributed by atoms with Crippen LogP contribution in [0.4, 0.5) is 0 Å². The zero-order valence-corrected chi connectivity index (χ0v) is 10.0. The number of nitriles is 1. The highest BCUT2D eigenvalue weighted by Crippen LogP contribution is 2.30. The van der Waals surface area contributed by atoms with Gasteiger partial charge in [0, 0.05) is 19.4 Å². The second-order valence-electron chi connectivity index (χ2n) is 3.85. The van der Waals surface area contributed by atoms with Crippen molar-refractivity contribution in [2.45, 2.75) is 31.2 Å². The molecule has 0 aromatic carbocycles. The topological polar surface area (TPSA) is 44.1 Å². The molecule has 0 amide bonds. The van der Waals surface area contributed by atoms with Crippen LogP contribution in [0.3, 0.4) is 0 Å². The monoisotopic (exact) mass is 220 g/mol. The SMILES string of the molecule is C=C.C=CCN(C)C1(C#N)CCC(=O)CC1. The smallest absolute Gasteiger partial charge is 0.133 e. The zero-order valence-electron chi connectivity index (χ0n) is 10.0. The van der Waals surface area contributed by atoms with Crippen LogP contribution in [0.2, 0.25) is 0 Å². The van der Waals surface area contributed by atoms with Gasteiger partial charge in [0.15, 0.2) is 0 Å². The summed E-state index contributed by atoms with van der Waals surface area (Å²) in [6.07, 6.45) is 4.18. The highest BCUT2D eigenvalue weighted by atomic mass is 16.1. The first-order valence-electron chi connectivity index (χ1n) is 5.40. The number of nitrogens with zero attached hydrogens (tertiary/aromatic N) is 2. The van der Waals surface area contributed by atoms with Crippen molar-refractivity contribution in [2.24, 2.45) is 0 Å². The number of hydrogen-bond donors (Lipinski definition) is 0. The van der Waals surface area contributed by atoms with Gasteiger partial charge in [0.1, 0.15) is 11.3 Å². The maximum atomic E-state index is 11.1. The molecule has 1 aliphatic rings. The lowest BCUT2D eigenvalue weighted by Crippen LogP contribution is -2.48. The molecule has 0 spiro atoms. The Bertz CT molecular complexity index is 281. The lowest BCUT2D eigenvalue weighted by atomic mass is 9.81. The number of rotatable bonds is 3. The molecular formula is C13H20N2O. The first-order valence-corrected chi connectivity index (χ1v) is 5.40.